The lowest BCUT2D eigenvalue weighted by Crippen LogP contribution is -1.98. The molecule has 0 amide bonds. The molecule has 0 saturated heterocycles. The van der Waals surface area contributed by atoms with Crippen molar-refractivity contribution in [2.75, 3.05) is 0 Å². The largest absolute Gasteiger partial charge is 0.349 e. The van der Waals surface area contributed by atoms with Crippen LogP contribution >= 0.6 is 0 Å². The van der Waals surface area contributed by atoms with Crippen molar-refractivity contribution in [3.8, 4) is 0 Å². The minimum absolute atomic E-state index is 0.315. The second kappa shape index (κ2) is 2.58. The van der Waals surface area contributed by atoms with Gasteiger partial charge in [0.1, 0.15) is 0 Å². The molecule has 0 unspecified atom stereocenters. The minimum Gasteiger partial charge on any atom is -0.242 e. The molecule has 0 spiro atoms. The third-order valence-electron chi connectivity index (χ3n) is 1.19. The van der Waals surface area contributed by atoms with Gasteiger partial charge in [0.25, 0.3) is 0 Å². The average molecular weight is 175 g/mol. The number of halogens is 1. The molecule has 11 heavy (non-hydrogen) atoms. The number of nitrogens with zero attached hydrogens (tertiary/aromatic N) is 1. The molecule has 0 atom stereocenters. The van der Waals surface area contributed by atoms with Crippen LogP contribution in [0.3, 0.4) is 0 Å². The standard InChI is InChI=1S/C6H6FNO2S/c1-5-3-2-4-8-6(5)11(7,9)10/h2-4H,1H3. The van der Waals surface area contributed by atoms with E-state index in [1.807, 2.05) is 0 Å². The van der Waals surface area contributed by atoms with Crippen molar-refractivity contribution in [2.24, 2.45) is 0 Å². The molecule has 1 aromatic rings. The lowest BCUT2D eigenvalue weighted by molar-refractivity contribution is 0.547. The summed E-state index contributed by atoms with van der Waals surface area (Å²) in [4.78, 5) is 3.39. The summed E-state index contributed by atoms with van der Waals surface area (Å²) in [7, 11) is -4.64. The van der Waals surface area contributed by atoms with Crippen LogP contribution in [0.5, 0.6) is 0 Å². The first-order valence-corrected chi connectivity index (χ1v) is 4.26. The first kappa shape index (κ1) is 8.13. The summed E-state index contributed by atoms with van der Waals surface area (Å²) in [6, 6.07) is 3.03. The van der Waals surface area contributed by atoms with Crippen LogP contribution in [0.15, 0.2) is 23.4 Å². The Hall–Kier alpha value is -0.970. The van der Waals surface area contributed by atoms with Crippen LogP contribution in [-0.4, -0.2) is 13.4 Å². The van der Waals surface area contributed by atoms with Gasteiger partial charge in [0.05, 0.1) is 0 Å². The SMILES string of the molecule is Cc1cccnc1S(=O)(=O)F. The highest BCUT2D eigenvalue weighted by molar-refractivity contribution is 7.86. The Morgan fingerprint density at radius 3 is 2.55 bits per heavy atom. The Morgan fingerprint density at radius 1 is 1.55 bits per heavy atom. The van der Waals surface area contributed by atoms with Crippen LogP contribution in [0.2, 0.25) is 0 Å². The first-order chi connectivity index (χ1) is 5.02. The Labute approximate surface area is 64.1 Å². The van der Waals surface area contributed by atoms with Gasteiger partial charge in [-0.25, -0.2) is 4.98 Å². The second-order valence-electron chi connectivity index (χ2n) is 2.06. The third-order valence-corrected chi connectivity index (χ3v) is 2.08. The predicted octanol–water partition coefficient (Wildman–Crippen LogP) is 1.05. The fourth-order valence-corrected chi connectivity index (χ4v) is 1.37. The predicted molar refractivity (Wildman–Crippen MR) is 37.3 cm³/mol. The van der Waals surface area contributed by atoms with E-state index in [0.29, 0.717) is 5.56 Å². The summed E-state index contributed by atoms with van der Waals surface area (Å²) in [5.74, 6) is 0. The van der Waals surface area contributed by atoms with E-state index in [4.69, 9.17) is 0 Å². The maximum Gasteiger partial charge on any atom is 0.349 e. The number of aromatic nitrogens is 1. The van der Waals surface area contributed by atoms with E-state index in [1.54, 1.807) is 6.07 Å². The summed E-state index contributed by atoms with van der Waals surface area (Å²) < 4.78 is 32.9. The molecular formula is C6H6FNO2S. The molecule has 3 nitrogen and oxygen atoms in total. The zero-order chi connectivity index (χ0) is 8.48. The number of rotatable bonds is 1. The molecule has 1 heterocycles. The highest BCUT2D eigenvalue weighted by Crippen LogP contribution is 2.12. The number of pyridine rings is 1. The highest BCUT2D eigenvalue weighted by Gasteiger charge is 2.15. The normalized spacial score (nSPS) is 11.5. The second-order valence-corrected chi connectivity index (χ2v) is 3.33. The van der Waals surface area contributed by atoms with Gasteiger partial charge in [-0.15, -0.1) is 0 Å². The van der Waals surface area contributed by atoms with Gasteiger partial charge >= 0.3 is 10.2 Å². The maximum absolute atomic E-state index is 12.3. The summed E-state index contributed by atoms with van der Waals surface area (Å²) in [6.45, 7) is 1.49. The van der Waals surface area contributed by atoms with Gasteiger partial charge in [-0.2, -0.15) is 8.42 Å². The van der Waals surface area contributed by atoms with Gasteiger partial charge in [0, 0.05) is 6.20 Å². The number of hydrogen-bond donors (Lipinski definition) is 0. The van der Waals surface area contributed by atoms with Crippen LogP contribution < -0.4 is 0 Å². The van der Waals surface area contributed by atoms with Crippen molar-refractivity contribution < 1.29 is 12.3 Å². The van der Waals surface area contributed by atoms with E-state index in [2.05, 4.69) is 4.98 Å². The van der Waals surface area contributed by atoms with Crippen molar-refractivity contribution in [2.45, 2.75) is 11.9 Å². The zero-order valence-corrected chi connectivity index (χ0v) is 6.60. The fourth-order valence-electron chi connectivity index (χ4n) is 0.726. The van der Waals surface area contributed by atoms with Gasteiger partial charge < -0.3 is 0 Å². The average Bonchev–Trinajstić information content (AvgIpc) is 1.86. The van der Waals surface area contributed by atoms with E-state index in [9.17, 15) is 12.3 Å². The quantitative estimate of drug-likeness (QED) is 0.599. The van der Waals surface area contributed by atoms with E-state index < -0.39 is 15.2 Å². The van der Waals surface area contributed by atoms with E-state index in [0.717, 1.165) is 0 Å². The molecule has 0 bridgehead atoms. The minimum atomic E-state index is -4.64. The lowest BCUT2D eigenvalue weighted by Gasteiger charge is -1.96. The Morgan fingerprint density at radius 2 is 2.18 bits per heavy atom. The van der Waals surface area contributed by atoms with Crippen molar-refractivity contribution >= 4 is 10.2 Å². The van der Waals surface area contributed by atoms with Gasteiger partial charge in [-0.3, -0.25) is 0 Å². The smallest absolute Gasteiger partial charge is 0.242 e. The molecule has 5 heteroatoms. The Bertz CT molecular complexity index is 361. The third kappa shape index (κ3) is 1.74. The Kier molecular flexibility index (Phi) is 1.90. The number of aryl methyl sites for hydroxylation is 1. The molecule has 0 aliphatic heterocycles. The number of hydrogen-bond acceptors (Lipinski definition) is 3. The van der Waals surface area contributed by atoms with Crippen LogP contribution in [0.4, 0.5) is 3.89 Å². The zero-order valence-electron chi connectivity index (χ0n) is 5.78. The lowest BCUT2D eigenvalue weighted by atomic mass is 10.3. The van der Waals surface area contributed by atoms with Gasteiger partial charge in [0.15, 0.2) is 5.03 Å². The van der Waals surface area contributed by atoms with E-state index in [-0.39, 0.29) is 0 Å². The molecule has 1 rings (SSSR count). The van der Waals surface area contributed by atoms with Crippen molar-refractivity contribution in [3.05, 3.63) is 23.9 Å². The van der Waals surface area contributed by atoms with Crippen LogP contribution in [-0.2, 0) is 10.2 Å². The summed E-state index contributed by atoms with van der Waals surface area (Å²) in [5.41, 5.74) is 0.315. The van der Waals surface area contributed by atoms with Crippen LogP contribution in [0.25, 0.3) is 0 Å². The molecule has 0 saturated carbocycles. The van der Waals surface area contributed by atoms with E-state index >= 15 is 0 Å². The molecule has 0 fully saturated rings. The topological polar surface area (TPSA) is 47.0 Å². The Balaban J connectivity index is 3.37. The summed E-state index contributed by atoms with van der Waals surface area (Å²) in [5, 5.41) is -0.500. The van der Waals surface area contributed by atoms with Crippen molar-refractivity contribution in [3.63, 3.8) is 0 Å². The molecule has 1 aromatic heterocycles. The van der Waals surface area contributed by atoms with Gasteiger partial charge in [-0.1, -0.05) is 9.95 Å². The van der Waals surface area contributed by atoms with Crippen LogP contribution in [0, 0.1) is 6.92 Å². The maximum atomic E-state index is 12.3. The molecular weight excluding hydrogens is 169 g/mol. The highest BCUT2D eigenvalue weighted by atomic mass is 32.3. The monoisotopic (exact) mass is 175 g/mol. The summed E-state index contributed by atoms with van der Waals surface area (Å²) in [6.07, 6.45) is 1.24. The first-order valence-electron chi connectivity index (χ1n) is 2.88. The van der Waals surface area contributed by atoms with Gasteiger partial charge in [0.2, 0.25) is 0 Å². The fraction of sp³-hybridized carbons (Fsp3) is 0.167. The molecule has 60 valence electrons. The van der Waals surface area contributed by atoms with Gasteiger partial charge in [-0.05, 0) is 18.6 Å². The van der Waals surface area contributed by atoms with Crippen molar-refractivity contribution in [1.82, 2.24) is 4.98 Å². The van der Waals surface area contributed by atoms with Crippen molar-refractivity contribution in [1.29, 1.82) is 0 Å². The van der Waals surface area contributed by atoms with E-state index in [1.165, 1.54) is 19.2 Å². The van der Waals surface area contributed by atoms with Crippen LogP contribution in [0.1, 0.15) is 5.56 Å². The molecule has 0 aliphatic carbocycles. The molecule has 0 radical (unpaired) electrons. The molecule has 0 N–H and O–H groups in total. The summed E-state index contributed by atoms with van der Waals surface area (Å²) >= 11 is 0. The molecule has 0 aromatic carbocycles. The molecule has 0 aliphatic rings.